The predicted octanol–water partition coefficient (Wildman–Crippen LogP) is 1.05. The largest absolute Gasteiger partial charge is 0.444 e. The maximum absolute atomic E-state index is 12.6. The maximum atomic E-state index is 12.6. The van der Waals surface area contributed by atoms with E-state index in [-0.39, 0.29) is 11.6 Å². The number of hydrogen-bond acceptors (Lipinski definition) is 5. The van der Waals surface area contributed by atoms with Crippen molar-refractivity contribution in [2.45, 2.75) is 37.8 Å². The van der Waals surface area contributed by atoms with Gasteiger partial charge in [-0.05, 0) is 27.2 Å². The van der Waals surface area contributed by atoms with Gasteiger partial charge >= 0.3 is 6.09 Å². The number of sulfonamides is 1. The van der Waals surface area contributed by atoms with Crippen molar-refractivity contribution in [2.24, 2.45) is 7.05 Å². The molecule has 23 heavy (non-hydrogen) atoms. The molecule has 2 rings (SSSR count). The van der Waals surface area contributed by atoms with E-state index in [1.165, 1.54) is 16.8 Å². The van der Waals surface area contributed by atoms with Crippen LogP contribution in [-0.4, -0.2) is 65.0 Å². The number of aromatic nitrogens is 2. The van der Waals surface area contributed by atoms with E-state index in [1.54, 1.807) is 37.3 Å². The average molecular weight is 344 g/mol. The molecule has 1 aromatic heterocycles. The average Bonchev–Trinajstić information content (AvgIpc) is 2.72. The summed E-state index contributed by atoms with van der Waals surface area (Å²) < 4.78 is 33.5. The quantitative estimate of drug-likeness (QED) is 0.801. The van der Waals surface area contributed by atoms with E-state index in [1.807, 2.05) is 0 Å². The molecule has 1 fully saturated rings. The summed E-state index contributed by atoms with van der Waals surface area (Å²) >= 11 is 0. The molecule has 0 spiro atoms. The lowest BCUT2D eigenvalue weighted by molar-refractivity contribution is 0.0260. The highest BCUT2D eigenvalue weighted by Gasteiger charge is 2.31. The Morgan fingerprint density at radius 1 is 1.22 bits per heavy atom. The van der Waals surface area contributed by atoms with Crippen LogP contribution >= 0.6 is 0 Å². The molecule has 0 saturated carbocycles. The number of amides is 1. The van der Waals surface area contributed by atoms with Gasteiger partial charge < -0.3 is 14.2 Å². The Morgan fingerprint density at radius 3 is 2.48 bits per heavy atom. The second-order valence-corrected chi connectivity index (χ2v) is 8.49. The van der Waals surface area contributed by atoms with Crippen LogP contribution in [0.3, 0.4) is 0 Å². The number of nitrogens with zero attached hydrogens (tertiary/aromatic N) is 4. The summed E-state index contributed by atoms with van der Waals surface area (Å²) in [5.41, 5.74) is -0.566. The number of carbonyl (C=O) groups is 1. The fraction of sp³-hybridized carbons (Fsp3) is 0.714. The first-order chi connectivity index (χ1) is 10.6. The van der Waals surface area contributed by atoms with Crippen LogP contribution in [0.2, 0.25) is 0 Å². The molecule has 2 heterocycles. The summed E-state index contributed by atoms with van der Waals surface area (Å²) in [5, 5.41) is 0.0331. The van der Waals surface area contributed by atoms with Gasteiger partial charge in [0.25, 0.3) is 10.0 Å². The zero-order chi connectivity index (χ0) is 17.3. The zero-order valence-corrected chi connectivity index (χ0v) is 14.8. The van der Waals surface area contributed by atoms with Crippen molar-refractivity contribution in [3.63, 3.8) is 0 Å². The van der Waals surface area contributed by atoms with Crippen LogP contribution in [-0.2, 0) is 21.8 Å². The van der Waals surface area contributed by atoms with Gasteiger partial charge in [-0.25, -0.2) is 18.2 Å². The number of carbonyl (C=O) groups excluding carboxylic acids is 1. The molecule has 0 aliphatic carbocycles. The van der Waals surface area contributed by atoms with Gasteiger partial charge in [-0.1, -0.05) is 0 Å². The summed E-state index contributed by atoms with van der Waals surface area (Å²) in [5.74, 6) is 0. The molecule has 1 amide bonds. The summed E-state index contributed by atoms with van der Waals surface area (Å²) in [6.45, 7) is 6.79. The lowest BCUT2D eigenvalue weighted by Crippen LogP contribution is -2.40. The molecule has 1 saturated heterocycles. The zero-order valence-electron chi connectivity index (χ0n) is 14.0. The van der Waals surface area contributed by atoms with Crippen molar-refractivity contribution in [1.29, 1.82) is 0 Å². The minimum atomic E-state index is -3.63. The molecule has 9 heteroatoms. The van der Waals surface area contributed by atoms with Gasteiger partial charge in [0.2, 0.25) is 0 Å². The molecular weight excluding hydrogens is 320 g/mol. The molecule has 0 aromatic carbocycles. The Hall–Kier alpha value is -1.61. The predicted molar refractivity (Wildman–Crippen MR) is 84.4 cm³/mol. The molecule has 0 unspecified atom stereocenters. The molecule has 8 nitrogen and oxygen atoms in total. The first-order valence-electron chi connectivity index (χ1n) is 7.56. The first kappa shape index (κ1) is 17.7. The number of hydrogen-bond donors (Lipinski definition) is 0. The fourth-order valence-corrected chi connectivity index (χ4v) is 3.73. The second kappa shape index (κ2) is 6.48. The summed E-state index contributed by atoms with van der Waals surface area (Å²) in [6, 6.07) is 0. The Morgan fingerprint density at radius 2 is 1.91 bits per heavy atom. The standard InChI is InChI=1S/C14H24N4O4S/c1-14(2,3)22-13(19)17-6-5-7-18(9-8-17)23(20,21)12-10-16(4)11-15-12/h10-11H,5-9H2,1-4H3. The Bertz CT molecular complexity index is 663. The third kappa shape index (κ3) is 4.44. The minimum absolute atomic E-state index is 0.0331. The topological polar surface area (TPSA) is 84.7 Å². The molecule has 0 bridgehead atoms. The van der Waals surface area contributed by atoms with Crippen LogP contribution in [0.5, 0.6) is 0 Å². The van der Waals surface area contributed by atoms with E-state index in [0.717, 1.165) is 0 Å². The summed E-state index contributed by atoms with van der Waals surface area (Å²) in [6.07, 6.45) is 3.09. The summed E-state index contributed by atoms with van der Waals surface area (Å²) in [4.78, 5) is 17.6. The van der Waals surface area contributed by atoms with Gasteiger partial charge in [0.1, 0.15) is 5.60 Å². The van der Waals surface area contributed by atoms with Crippen LogP contribution in [0.15, 0.2) is 17.6 Å². The molecule has 1 aliphatic heterocycles. The number of rotatable bonds is 2. The second-order valence-electron chi connectivity index (χ2n) is 6.60. The molecule has 130 valence electrons. The highest BCUT2D eigenvalue weighted by molar-refractivity contribution is 7.89. The van der Waals surface area contributed by atoms with Crippen molar-refractivity contribution < 1.29 is 17.9 Å². The van der Waals surface area contributed by atoms with Crippen molar-refractivity contribution in [3.05, 3.63) is 12.5 Å². The third-order valence-corrected chi connectivity index (χ3v) is 5.18. The van der Waals surface area contributed by atoms with Crippen LogP contribution in [0.25, 0.3) is 0 Å². The number of imidazole rings is 1. The van der Waals surface area contributed by atoms with Gasteiger partial charge in [-0.15, -0.1) is 0 Å². The maximum Gasteiger partial charge on any atom is 0.410 e. The van der Waals surface area contributed by atoms with Gasteiger partial charge in [-0.2, -0.15) is 4.31 Å². The monoisotopic (exact) mass is 344 g/mol. The SMILES string of the molecule is Cn1cnc(S(=O)(=O)N2CCCN(C(=O)OC(C)(C)C)CC2)c1. The Balaban J connectivity index is 2.05. The van der Waals surface area contributed by atoms with Gasteiger partial charge in [0.05, 0.1) is 6.33 Å². The molecule has 0 radical (unpaired) electrons. The number of aryl methyl sites for hydroxylation is 1. The molecule has 0 N–H and O–H groups in total. The molecular formula is C14H24N4O4S. The van der Waals surface area contributed by atoms with Gasteiger partial charge in [0.15, 0.2) is 5.03 Å². The van der Waals surface area contributed by atoms with Gasteiger partial charge in [0, 0.05) is 39.4 Å². The van der Waals surface area contributed by atoms with E-state index < -0.39 is 21.7 Å². The van der Waals surface area contributed by atoms with Crippen molar-refractivity contribution >= 4 is 16.1 Å². The van der Waals surface area contributed by atoms with Crippen LogP contribution in [0, 0.1) is 0 Å². The molecule has 1 aromatic rings. The van der Waals surface area contributed by atoms with Crippen molar-refractivity contribution in [2.75, 3.05) is 26.2 Å². The van der Waals surface area contributed by atoms with Crippen molar-refractivity contribution in [1.82, 2.24) is 18.8 Å². The molecule has 0 atom stereocenters. The van der Waals surface area contributed by atoms with E-state index in [9.17, 15) is 13.2 Å². The molecule has 1 aliphatic rings. The highest BCUT2D eigenvalue weighted by Crippen LogP contribution is 2.17. The van der Waals surface area contributed by atoms with E-state index in [2.05, 4.69) is 4.98 Å². The van der Waals surface area contributed by atoms with E-state index >= 15 is 0 Å². The Labute approximate surface area is 137 Å². The van der Waals surface area contributed by atoms with Crippen LogP contribution < -0.4 is 0 Å². The Kier molecular flexibility index (Phi) is 5.00. The summed E-state index contributed by atoms with van der Waals surface area (Å²) in [7, 11) is -1.91. The van der Waals surface area contributed by atoms with E-state index in [4.69, 9.17) is 4.74 Å². The van der Waals surface area contributed by atoms with E-state index in [0.29, 0.717) is 26.1 Å². The lowest BCUT2D eigenvalue weighted by Gasteiger charge is -2.26. The van der Waals surface area contributed by atoms with Gasteiger partial charge in [-0.3, -0.25) is 0 Å². The van der Waals surface area contributed by atoms with Crippen LogP contribution in [0.1, 0.15) is 27.2 Å². The smallest absolute Gasteiger partial charge is 0.410 e. The third-order valence-electron chi connectivity index (χ3n) is 3.39. The lowest BCUT2D eigenvalue weighted by atomic mass is 10.2. The van der Waals surface area contributed by atoms with Crippen LogP contribution in [0.4, 0.5) is 4.79 Å². The minimum Gasteiger partial charge on any atom is -0.444 e. The number of ether oxygens (including phenoxy) is 1. The highest BCUT2D eigenvalue weighted by atomic mass is 32.2. The normalized spacial score (nSPS) is 17.8. The fourth-order valence-electron chi connectivity index (χ4n) is 2.30. The first-order valence-corrected chi connectivity index (χ1v) is 9.00. The van der Waals surface area contributed by atoms with Crippen molar-refractivity contribution in [3.8, 4) is 0 Å².